The zero-order valence-electron chi connectivity index (χ0n) is 16.6. The van der Waals surface area contributed by atoms with Gasteiger partial charge in [-0.2, -0.15) is 0 Å². The second-order valence-electron chi connectivity index (χ2n) is 7.31. The molecule has 7 nitrogen and oxygen atoms in total. The average molecular weight is 408 g/mol. The minimum absolute atomic E-state index is 0.0430. The summed E-state index contributed by atoms with van der Waals surface area (Å²) < 4.78 is 16.7. The summed E-state index contributed by atoms with van der Waals surface area (Å²) in [6.45, 7) is 6.95. The number of carbonyl (C=O) groups is 1. The molecule has 0 radical (unpaired) electrons. The standard InChI is InChI=1S/C20H26ClN3O4/c1-5-13-16(9-22-17(13)20(25)27-10-11(2)3)28-19-18(21)23-14-7-6-12(26-4)8-15(14)24-19/h6-8,11,13,16-17,22H,5,9-10H2,1-4H3/t13-,16+,17+/m1/s1. The summed E-state index contributed by atoms with van der Waals surface area (Å²) in [5.41, 5.74) is 1.29. The molecule has 2 heterocycles. The Morgan fingerprint density at radius 3 is 2.79 bits per heavy atom. The zero-order chi connectivity index (χ0) is 20.3. The smallest absolute Gasteiger partial charge is 0.323 e. The molecule has 3 rings (SSSR count). The number of hydrogen-bond acceptors (Lipinski definition) is 7. The summed E-state index contributed by atoms with van der Waals surface area (Å²) in [4.78, 5) is 21.3. The topological polar surface area (TPSA) is 82.6 Å². The normalized spacial score (nSPS) is 21.9. The second-order valence-corrected chi connectivity index (χ2v) is 7.67. The Morgan fingerprint density at radius 2 is 2.11 bits per heavy atom. The van der Waals surface area contributed by atoms with Crippen molar-refractivity contribution < 1.29 is 19.0 Å². The Hall–Kier alpha value is -2.12. The Bertz CT molecular complexity index is 846. The molecule has 0 aliphatic carbocycles. The first-order valence-electron chi connectivity index (χ1n) is 9.50. The number of benzene rings is 1. The molecule has 3 atom stereocenters. The first-order chi connectivity index (χ1) is 13.4. The number of esters is 1. The molecular weight excluding hydrogens is 382 g/mol. The van der Waals surface area contributed by atoms with Crippen molar-refractivity contribution in [2.45, 2.75) is 39.3 Å². The first-order valence-corrected chi connectivity index (χ1v) is 9.88. The Kier molecular flexibility index (Phi) is 6.57. The van der Waals surface area contributed by atoms with E-state index in [1.807, 2.05) is 20.8 Å². The number of methoxy groups -OCH3 is 1. The molecule has 8 heteroatoms. The number of carbonyl (C=O) groups excluding carboxylic acids is 1. The third-order valence-electron chi connectivity index (χ3n) is 4.79. The molecule has 1 aliphatic heterocycles. The van der Waals surface area contributed by atoms with Crippen LogP contribution in [-0.2, 0) is 9.53 Å². The SMILES string of the molecule is CC[C@@H]1[C@@H](Oc2nc3cc(OC)ccc3nc2Cl)CN[C@@H]1C(=O)OCC(C)C. The predicted molar refractivity (Wildman–Crippen MR) is 107 cm³/mol. The Morgan fingerprint density at radius 1 is 1.32 bits per heavy atom. The highest BCUT2D eigenvalue weighted by Crippen LogP contribution is 2.30. The van der Waals surface area contributed by atoms with E-state index in [0.29, 0.717) is 35.9 Å². The van der Waals surface area contributed by atoms with Crippen molar-refractivity contribution in [2.75, 3.05) is 20.3 Å². The van der Waals surface area contributed by atoms with E-state index in [0.717, 1.165) is 6.42 Å². The number of ether oxygens (including phenoxy) is 3. The number of nitrogens with zero attached hydrogens (tertiary/aromatic N) is 2. The van der Waals surface area contributed by atoms with Gasteiger partial charge in [0, 0.05) is 18.5 Å². The summed E-state index contributed by atoms with van der Waals surface area (Å²) in [5, 5.41) is 3.41. The van der Waals surface area contributed by atoms with Crippen molar-refractivity contribution in [2.24, 2.45) is 11.8 Å². The van der Waals surface area contributed by atoms with Gasteiger partial charge in [0.05, 0.1) is 24.8 Å². The summed E-state index contributed by atoms with van der Waals surface area (Å²) in [6, 6.07) is 4.97. The quantitative estimate of drug-likeness (QED) is 0.705. The van der Waals surface area contributed by atoms with Crippen LogP contribution in [0.3, 0.4) is 0 Å². The zero-order valence-corrected chi connectivity index (χ0v) is 17.3. The van der Waals surface area contributed by atoms with Gasteiger partial charge in [0.15, 0.2) is 5.15 Å². The molecule has 28 heavy (non-hydrogen) atoms. The lowest BCUT2D eigenvalue weighted by atomic mass is 9.95. The lowest BCUT2D eigenvalue weighted by Crippen LogP contribution is -2.38. The van der Waals surface area contributed by atoms with E-state index in [1.54, 1.807) is 25.3 Å². The molecule has 0 spiro atoms. The molecule has 2 aromatic rings. The van der Waals surface area contributed by atoms with Crippen molar-refractivity contribution in [3.63, 3.8) is 0 Å². The van der Waals surface area contributed by atoms with Crippen LogP contribution in [0.25, 0.3) is 11.0 Å². The van der Waals surface area contributed by atoms with Crippen molar-refractivity contribution in [1.29, 1.82) is 0 Å². The van der Waals surface area contributed by atoms with Crippen molar-refractivity contribution in [1.82, 2.24) is 15.3 Å². The van der Waals surface area contributed by atoms with Gasteiger partial charge >= 0.3 is 5.97 Å². The molecule has 1 fully saturated rings. The van der Waals surface area contributed by atoms with Crippen LogP contribution >= 0.6 is 11.6 Å². The number of halogens is 1. The van der Waals surface area contributed by atoms with Gasteiger partial charge in [-0.3, -0.25) is 4.79 Å². The van der Waals surface area contributed by atoms with Gasteiger partial charge in [-0.25, -0.2) is 9.97 Å². The van der Waals surface area contributed by atoms with E-state index in [1.165, 1.54) is 0 Å². The van der Waals surface area contributed by atoms with Gasteiger partial charge < -0.3 is 19.5 Å². The lowest BCUT2D eigenvalue weighted by Gasteiger charge is -2.22. The predicted octanol–water partition coefficient (Wildman–Crippen LogP) is 3.24. The maximum atomic E-state index is 12.4. The summed E-state index contributed by atoms with van der Waals surface area (Å²) >= 11 is 6.29. The number of nitrogens with one attached hydrogen (secondary N) is 1. The third-order valence-corrected chi connectivity index (χ3v) is 5.04. The fourth-order valence-corrected chi connectivity index (χ4v) is 3.50. The maximum Gasteiger partial charge on any atom is 0.323 e. The van der Waals surface area contributed by atoms with Crippen LogP contribution in [0.4, 0.5) is 0 Å². The molecule has 0 amide bonds. The molecule has 0 bridgehead atoms. The lowest BCUT2D eigenvalue weighted by molar-refractivity contribution is -0.148. The molecule has 152 valence electrons. The van der Waals surface area contributed by atoms with Crippen molar-refractivity contribution in [3.05, 3.63) is 23.4 Å². The molecule has 1 saturated heterocycles. The summed E-state index contributed by atoms with van der Waals surface area (Å²) in [6.07, 6.45) is 0.502. The van der Waals surface area contributed by atoms with E-state index < -0.39 is 6.04 Å². The first kappa shape index (κ1) is 20.6. The minimum Gasteiger partial charge on any atom is -0.497 e. The van der Waals surface area contributed by atoms with Crippen LogP contribution in [0.1, 0.15) is 27.2 Å². The highest BCUT2D eigenvalue weighted by Gasteiger charge is 2.41. The number of aromatic nitrogens is 2. The fraction of sp³-hybridized carbons (Fsp3) is 0.550. The molecule has 0 unspecified atom stereocenters. The molecule has 1 aromatic heterocycles. The number of hydrogen-bond donors (Lipinski definition) is 1. The van der Waals surface area contributed by atoms with Crippen LogP contribution in [0.5, 0.6) is 11.6 Å². The van der Waals surface area contributed by atoms with Gasteiger partial charge in [0.2, 0.25) is 0 Å². The molecule has 0 saturated carbocycles. The van der Waals surface area contributed by atoms with E-state index in [4.69, 9.17) is 25.8 Å². The van der Waals surface area contributed by atoms with Gasteiger partial charge in [-0.15, -0.1) is 0 Å². The average Bonchev–Trinajstić information content (AvgIpc) is 3.08. The minimum atomic E-state index is -0.402. The maximum absolute atomic E-state index is 12.4. The van der Waals surface area contributed by atoms with Gasteiger partial charge in [0.1, 0.15) is 17.9 Å². The molecule has 1 aromatic carbocycles. The Labute approximate surface area is 169 Å². The van der Waals surface area contributed by atoms with Crippen LogP contribution < -0.4 is 14.8 Å². The fourth-order valence-electron chi connectivity index (χ4n) is 3.33. The van der Waals surface area contributed by atoms with Gasteiger partial charge in [0.25, 0.3) is 5.88 Å². The number of rotatable bonds is 7. The largest absolute Gasteiger partial charge is 0.497 e. The highest BCUT2D eigenvalue weighted by molar-refractivity contribution is 6.31. The second kappa shape index (κ2) is 8.92. The highest BCUT2D eigenvalue weighted by atomic mass is 35.5. The number of fused-ring (bicyclic) bond motifs is 1. The van der Waals surface area contributed by atoms with E-state index >= 15 is 0 Å². The van der Waals surface area contributed by atoms with Crippen LogP contribution in [-0.4, -0.2) is 48.3 Å². The van der Waals surface area contributed by atoms with Crippen LogP contribution in [0, 0.1) is 11.8 Å². The van der Waals surface area contributed by atoms with Crippen molar-refractivity contribution in [3.8, 4) is 11.6 Å². The van der Waals surface area contributed by atoms with Crippen molar-refractivity contribution >= 4 is 28.6 Å². The van der Waals surface area contributed by atoms with Crippen LogP contribution in [0.2, 0.25) is 5.15 Å². The monoisotopic (exact) mass is 407 g/mol. The van der Waals surface area contributed by atoms with Gasteiger partial charge in [-0.1, -0.05) is 32.4 Å². The summed E-state index contributed by atoms with van der Waals surface area (Å²) in [5.74, 6) is 0.938. The molecule has 1 N–H and O–H groups in total. The van der Waals surface area contributed by atoms with E-state index in [2.05, 4.69) is 15.3 Å². The Balaban J connectivity index is 1.77. The van der Waals surface area contributed by atoms with Crippen LogP contribution in [0.15, 0.2) is 18.2 Å². The molecule has 1 aliphatic rings. The third kappa shape index (κ3) is 4.47. The van der Waals surface area contributed by atoms with Gasteiger partial charge in [-0.05, 0) is 24.5 Å². The van der Waals surface area contributed by atoms with E-state index in [9.17, 15) is 4.79 Å². The molecular formula is C20H26ClN3O4. The summed E-state index contributed by atoms with van der Waals surface area (Å²) in [7, 11) is 1.59. The van der Waals surface area contributed by atoms with E-state index in [-0.39, 0.29) is 29.0 Å².